The van der Waals surface area contributed by atoms with Crippen molar-refractivity contribution >= 4 is 11.7 Å². The minimum atomic E-state index is -0.0754. The number of aromatic nitrogens is 4. The van der Waals surface area contributed by atoms with Crippen molar-refractivity contribution in [1.82, 2.24) is 24.6 Å². The molecule has 0 N–H and O–H groups in total. The lowest BCUT2D eigenvalue weighted by Gasteiger charge is -2.35. The number of aryl methyl sites for hydroxylation is 2. The average molecular weight is 385 g/mol. The van der Waals surface area contributed by atoms with Gasteiger partial charge in [0.1, 0.15) is 17.3 Å². The second-order valence-electron chi connectivity index (χ2n) is 8.95. The van der Waals surface area contributed by atoms with Crippen LogP contribution in [0.25, 0.3) is 0 Å². The van der Waals surface area contributed by atoms with E-state index in [4.69, 9.17) is 4.98 Å². The van der Waals surface area contributed by atoms with Crippen molar-refractivity contribution < 1.29 is 4.79 Å². The number of anilines is 1. The van der Waals surface area contributed by atoms with Gasteiger partial charge in [0.25, 0.3) is 5.91 Å². The lowest BCUT2D eigenvalue weighted by molar-refractivity contribution is 0.0735. The van der Waals surface area contributed by atoms with E-state index >= 15 is 0 Å². The van der Waals surface area contributed by atoms with E-state index in [1.807, 2.05) is 31.0 Å². The fourth-order valence-corrected chi connectivity index (χ4v) is 3.33. The van der Waals surface area contributed by atoms with E-state index in [0.29, 0.717) is 24.7 Å². The first kappa shape index (κ1) is 20.3. The molecule has 0 radical (unpaired) electrons. The molecule has 152 valence electrons. The molecule has 0 aliphatic carbocycles. The molecule has 2 aromatic heterocycles. The summed E-state index contributed by atoms with van der Waals surface area (Å²) >= 11 is 0. The van der Waals surface area contributed by atoms with Gasteiger partial charge in [-0.1, -0.05) is 34.6 Å². The van der Waals surface area contributed by atoms with Crippen LogP contribution in [-0.4, -0.2) is 56.7 Å². The van der Waals surface area contributed by atoms with Crippen LogP contribution < -0.4 is 4.90 Å². The Kier molecular flexibility index (Phi) is 5.46. The Labute approximate surface area is 167 Å². The van der Waals surface area contributed by atoms with Crippen molar-refractivity contribution in [2.45, 2.75) is 52.9 Å². The number of hydrogen-bond acceptors (Lipinski definition) is 5. The summed E-state index contributed by atoms with van der Waals surface area (Å²) < 4.78 is 1.71. The van der Waals surface area contributed by atoms with Gasteiger partial charge in [-0.25, -0.2) is 9.97 Å². The zero-order valence-corrected chi connectivity index (χ0v) is 18.2. The summed E-state index contributed by atoms with van der Waals surface area (Å²) in [5.74, 6) is 2.17. The van der Waals surface area contributed by atoms with Gasteiger partial charge < -0.3 is 9.80 Å². The van der Waals surface area contributed by atoms with Gasteiger partial charge in [-0.2, -0.15) is 5.10 Å². The highest BCUT2D eigenvalue weighted by Crippen LogP contribution is 2.23. The largest absolute Gasteiger partial charge is 0.353 e. The summed E-state index contributed by atoms with van der Waals surface area (Å²) in [5.41, 5.74) is 2.50. The number of nitrogens with zero attached hydrogens (tertiary/aromatic N) is 6. The number of hydrogen-bond donors (Lipinski definition) is 0. The maximum absolute atomic E-state index is 13.0. The van der Waals surface area contributed by atoms with Crippen LogP contribution in [-0.2, 0) is 12.5 Å². The Balaban J connectivity index is 1.71. The molecule has 0 unspecified atom stereocenters. The molecule has 28 heavy (non-hydrogen) atoms. The van der Waals surface area contributed by atoms with Crippen molar-refractivity contribution in [2.24, 2.45) is 7.05 Å². The smallest absolute Gasteiger partial charge is 0.272 e. The zero-order chi connectivity index (χ0) is 20.6. The molecule has 0 atom stereocenters. The molecule has 7 heteroatoms. The molecule has 1 aliphatic heterocycles. The van der Waals surface area contributed by atoms with Crippen LogP contribution >= 0.6 is 0 Å². The highest BCUT2D eigenvalue weighted by atomic mass is 16.2. The normalized spacial score (nSPS) is 15.4. The number of carbonyl (C=O) groups excluding carboxylic acids is 1. The van der Waals surface area contributed by atoms with Crippen molar-refractivity contribution in [3.8, 4) is 0 Å². The standard InChI is InChI=1S/C21H32N6O/c1-14(2)19-22-15(3)12-18(23-19)26-8-10-27(11-9-26)20(28)16-13-17(21(4,5)6)24-25(16)7/h12-14H,8-11H2,1-7H3. The maximum Gasteiger partial charge on any atom is 0.272 e. The van der Waals surface area contributed by atoms with Gasteiger partial charge in [0, 0.05) is 56.3 Å². The van der Waals surface area contributed by atoms with Gasteiger partial charge >= 0.3 is 0 Å². The van der Waals surface area contributed by atoms with Gasteiger partial charge in [-0.15, -0.1) is 0 Å². The Bertz CT molecular complexity index is 856. The van der Waals surface area contributed by atoms with Crippen LogP contribution in [0.15, 0.2) is 12.1 Å². The fourth-order valence-electron chi connectivity index (χ4n) is 3.33. The minimum Gasteiger partial charge on any atom is -0.353 e. The van der Waals surface area contributed by atoms with Gasteiger partial charge in [0.15, 0.2) is 0 Å². The highest BCUT2D eigenvalue weighted by Gasteiger charge is 2.27. The number of amides is 1. The predicted octanol–water partition coefficient (Wildman–Crippen LogP) is 2.90. The first-order chi connectivity index (χ1) is 13.1. The Morgan fingerprint density at radius 2 is 1.71 bits per heavy atom. The van der Waals surface area contributed by atoms with Gasteiger partial charge in [0.05, 0.1) is 5.69 Å². The van der Waals surface area contributed by atoms with E-state index in [0.717, 1.165) is 36.1 Å². The summed E-state index contributed by atoms with van der Waals surface area (Å²) in [6.07, 6.45) is 0. The fraction of sp³-hybridized carbons (Fsp3) is 0.619. The summed E-state index contributed by atoms with van der Waals surface area (Å²) in [4.78, 5) is 26.4. The predicted molar refractivity (Wildman–Crippen MR) is 111 cm³/mol. The molecule has 3 rings (SSSR count). The van der Waals surface area contributed by atoms with Gasteiger partial charge in [0.2, 0.25) is 0 Å². The molecule has 0 aromatic carbocycles. The molecule has 7 nitrogen and oxygen atoms in total. The first-order valence-corrected chi connectivity index (χ1v) is 10.0. The average Bonchev–Trinajstić information content (AvgIpc) is 3.03. The topological polar surface area (TPSA) is 67.2 Å². The van der Waals surface area contributed by atoms with E-state index in [1.54, 1.807) is 4.68 Å². The monoisotopic (exact) mass is 384 g/mol. The Morgan fingerprint density at radius 1 is 1.07 bits per heavy atom. The lowest BCUT2D eigenvalue weighted by Crippen LogP contribution is -2.49. The summed E-state index contributed by atoms with van der Waals surface area (Å²) in [5, 5.41) is 4.54. The molecule has 1 amide bonds. The SMILES string of the molecule is Cc1cc(N2CCN(C(=O)c3cc(C(C)(C)C)nn3C)CC2)nc(C(C)C)n1. The van der Waals surface area contributed by atoms with Crippen molar-refractivity contribution in [3.63, 3.8) is 0 Å². The van der Waals surface area contributed by atoms with E-state index in [-0.39, 0.29) is 11.3 Å². The maximum atomic E-state index is 13.0. The minimum absolute atomic E-state index is 0.0480. The Morgan fingerprint density at radius 3 is 2.25 bits per heavy atom. The quantitative estimate of drug-likeness (QED) is 0.814. The third-order valence-corrected chi connectivity index (χ3v) is 5.13. The molecule has 0 saturated carbocycles. The van der Waals surface area contributed by atoms with Gasteiger partial charge in [-0.3, -0.25) is 9.48 Å². The van der Waals surface area contributed by atoms with Crippen LogP contribution in [0.3, 0.4) is 0 Å². The van der Waals surface area contributed by atoms with E-state index in [2.05, 4.69) is 49.6 Å². The molecule has 1 saturated heterocycles. The van der Waals surface area contributed by atoms with E-state index in [1.165, 1.54) is 0 Å². The van der Waals surface area contributed by atoms with Gasteiger partial charge in [-0.05, 0) is 13.0 Å². The molecule has 1 fully saturated rings. The van der Waals surface area contributed by atoms with Crippen molar-refractivity contribution in [3.05, 3.63) is 35.0 Å². The zero-order valence-electron chi connectivity index (χ0n) is 18.2. The number of piperazine rings is 1. The molecule has 0 bridgehead atoms. The molecule has 1 aliphatic rings. The summed E-state index contributed by atoms with van der Waals surface area (Å²) in [7, 11) is 1.84. The van der Waals surface area contributed by atoms with E-state index in [9.17, 15) is 4.79 Å². The summed E-state index contributed by atoms with van der Waals surface area (Å²) in [6.45, 7) is 15.4. The number of rotatable bonds is 3. The second kappa shape index (κ2) is 7.53. The highest BCUT2D eigenvalue weighted by molar-refractivity contribution is 5.93. The van der Waals surface area contributed by atoms with Crippen molar-refractivity contribution in [1.29, 1.82) is 0 Å². The van der Waals surface area contributed by atoms with Crippen LogP contribution in [0.4, 0.5) is 5.82 Å². The van der Waals surface area contributed by atoms with E-state index < -0.39 is 0 Å². The first-order valence-electron chi connectivity index (χ1n) is 10.0. The van der Waals surface area contributed by atoms with Crippen LogP contribution in [0, 0.1) is 6.92 Å². The van der Waals surface area contributed by atoms with Crippen molar-refractivity contribution in [2.75, 3.05) is 31.1 Å². The van der Waals surface area contributed by atoms with Crippen LogP contribution in [0.2, 0.25) is 0 Å². The van der Waals surface area contributed by atoms with Crippen LogP contribution in [0.1, 0.15) is 68.2 Å². The molecule has 0 spiro atoms. The molecular weight excluding hydrogens is 352 g/mol. The molecule has 3 heterocycles. The molecular formula is C21H32N6O. The third kappa shape index (κ3) is 4.18. The third-order valence-electron chi connectivity index (χ3n) is 5.13. The summed E-state index contributed by atoms with van der Waals surface area (Å²) in [6, 6.07) is 3.96. The molecule has 2 aromatic rings. The Hall–Kier alpha value is -2.44. The number of carbonyl (C=O) groups is 1. The lowest BCUT2D eigenvalue weighted by atomic mass is 9.92. The second-order valence-corrected chi connectivity index (χ2v) is 8.95. The van der Waals surface area contributed by atoms with Crippen LogP contribution in [0.5, 0.6) is 0 Å².